The molecule has 0 aliphatic rings. The normalized spacial score (nSPS) is 12.0. The number of fused-ring (bicyclic) bond motifs is 3. The highest BCUT2D eigenvalue weighted by Crippen LogP contribution is 2.31. The number of carbonyl (C=O) groups is 2. The Morgan fingerprint density at radius 2 is 1.47 bits per heavy atom. The zero-order valence-electron chi connectivity index (χ0n) is 22.7. The Labute approximate surface area is 244 Å². The molecule has 214 valence electrons. The molecule has 2 amide bonds. The van der Waals surface area contributed by atoms with Crippen LogP contribution in [0.1, 0.15) is 27.7 Å². The van der Waals surface area contributed by atoms with Gasteiger partial charge in [-0.15, -0.1) is 0 Å². The lowest BCUT2D eigenvalue weighted by molar-refractivity contribution is -0.122. The van der Waals surface area contributed by atoms with Crippen molar-refractivity contribution >= 4 is 33.6 Å². The molecule has 6 rings (SSSR count). The molecule has 1 atom stereocenters. The standard InChI is InChI=1S/C34H25F3N4O2/c35-22-14-20(15-23(36)18-22)16-29(33-24(8-5-13-39-33)21-11-12-28(37)27(17-21)34(38)43)40-32(42)19-41-30-9-3-1-6-25(30)26-7-2-4-10-31(26)41/h1-15,17-18,29H,16,19H2,(H2,38,43)(H,40,42)/t29-/m0/s1. The lowest BCUT2D eigenvalue weighted by Crippen LogP contribution is -2.33. The van der Waals surface area contributed by atoms with E-state index < -0.39 is 29.4 Å². The Hall–Kier alpha value is -5.44. The van der Waals surface area contributed by atoms with Crippen LogP contribution in [0.4, 0.5) is 13.2 Å². The SMILES string of the molecule is NC(=O)c1cc(-c2cccnc2[C@H](Cc2cc(F)cc(F)c2)NC(=O)Cn2c3ccccc3c3ccccc32)ccc1F. The molecule has 0 saturated carbocycles. The molecule has 0 aliphatic carbocycles. The highest BCUT2D eigenvalue weighted by Gasteiger charge is 2.23. The van der Waals surface area contributed by atoms with Crippen molar-refractivity contribution in [1.82, 2.24) is 14.9 Å². The fraction of sp³-hybridized carbons (Fsp3) is 0.0882. The number of para-hydroxylation sites is 2. The van der Waals surface area contributed by atoms with Gasteiger partial charge in [-0.2, -0.15) is 0 Å². The van der Waals surface area contributed by atoms with E-state index in [-0.39, 0.29) is 24.4 Å². The van der Waals surface area contributed by atoms with E-state index in [0.29, 0.717) is 22.4 Å². The summed E-state index contributed by atoms with van der Waals surface area (Å²) in [6, 6.07) is 25.2. The third-order valence-electron chi connectivity index (χ3n) is 7.39. The van der Waals surface area contributed by atoms with Gasteiger partial charge in [0.05, 0.1) is 17.3 Å². The molecule has 0 bridgehead atoms. The number of hydrogen-bond donors (Lipinski definition) is 2. The van der Waals surface area contributed by atoms with Crippen LogP contribution in [-0.2, 0) is 17.8 Å². The van der Waals surface area contributed by atoms with Crippen LogP contribution in [0.15, 0.2) is 103 Å². The van der Waals surface area contributed by atoms with E-state index in [0.717, 1.165) is 33.9 Å². The average molecular weight is 579 g/mol. The van der Waals surface area contributed by atoms with Crippen LogP contribution in [0.25, 0.3) is 32.9 Å². The molecular weight excluding hydrogens is 553 g/mol. The van der Waals surface area contributed by atoms with Crippen LogP contribution in [0, 0.1) is 17.5 Å². The molecule has 6 nitrogen and oxygen atoms in total. The van der Waals surface area contributed by atoms with Crippen LogP contribution in [-0.4, -0.2) is 21.4 Å². The van der Waals surface area contributed by atoms with E-state index in [1.165, 1.54) is 30.5 Å². The fourth-order valence-corrected chi connectivity index (χ4v) is 5.56. The number of nitrogens with two attached hydrogens (primary N) is 1. The Balaban J connectivity index is 1.41. The molecule has 0 radical (unpaired) electrons. The molecule has 0 spiro atoms. The second-order valence-corrected chi connectivity index (χ2v) is 10.2. The molecule has 2 heterocycles. The van der Waals surface area contributed by atoms with E-state index in [9.17, 15) is 22.8 Å². The van der Waals surface area contributed by atoms with E-state index in [4.69, 9.17) is 5.73 Å². The quantitative estimate of drug-likeness (QED) is 0.217. The van der Waals surface area contributed by atoms with Crippen LogP contribution >= 0.6 is 0 Å². The van der Waals surface area contributed by atoms with Gasteiger partial charge in [-0.1, -0.05) is 48.5 Å². The second kappa shape index (κ2) is 11.4. The van der Waals surface area contributed by atoms with Gasteiger partial charge in [-0.05, 0) is 60.0 Å². The second-order valence-electron chi connectivity index (χ2n) is 10.2. The summed E-state index contributed by atoms with van der Waals surface area (Å²) in [5.74, 6) is -3.57. The lowest BCUT2D eigenvalue weighted by Gasteiger charge is -2.22. The maximum absolute atomic E-state index is 14.3. The summed E-state index contributed by atoms with van der Waals surface area (Å²) in [5, 5.41) is 5.03. The Kier molecular flexibility index (Phi) is 7.38. The Bertz CT molecular complexity index is 1950. The van der Waals surface area contributed by atoms with Crippen molar-refractivity contribution in [1.29, 1.82) is 0 Å². The first-order valence-electron chi connectivity index (χ1n) is 13.5. The predicted octanol–water partition coefficient (Wildman–Crippen LogP) is 6.47. The van der Waals surface area contributed by atoms with Gasteiger partial charge >= 0.3 is 0 Å². The van der Waals surface area contributed by atoms with Crippen molar-refractivity contribution < 1.29 is 22.8 Å². The first-order valence-corrected chi connectivity index (χ1v) is 13.5. The van der Waals surface area contributed by atoms with Gasteiger partial charge in [0.15, 0.2) is 0 Å². The predicted molar refractivity (Wildman–Crippen MR) is 159 cm³/mol. The van der Waals surface area contributed by atoms with E-state index in [2.05, 4.69) is 10.3 Å². The van der Waals surface area contributed by atoms with Crippen molar-refractivity contribution in [3.8, 4) is 11.1 Å². The summed E-state index contributed by atoms with van der Waals surface area (Å²) in [6.07, 6.45) is 1.52. The number of pyridine rings is 1. The minimum atomic E-state index is -0.934. The van der Waals surface area contributed by atoms with Gasteiger partial charge in [0.2, 0.25) is 5.91 Å². The Morgan fingerprint density at radius 3 is 2.12 bits per heavy atom. The first-order chi connectivity index (χ1) is 20.8. The maximum Gasteiger partial charge on any atom is 0.251 e. The lowest BCUT2D eigenvalue weighted by atomic mass is 9.94. The number of carbonyl (C=O) groups excluding carboxylic acids is 2. The molecule has 43 heavy (non-hydrogen) atoms. The van der Waals surface area contributed by atoms with Crippen molar-refractivity contribution in [3.05, 3.63) is 138 Å². The number of rotatable bonds is 8. The third kappa shape index (κ3) is 5.57. The maximum atomic E-state index is 14.3. The third-order valence-corrected chi connectivity index (χ3v) is 7.39. The van der Waals surface area contributed by atoms with E-state index in [1.807, 2.05) is 53.1 Å². The zero-order valence-corrected chi connectivity index (χ0v) is 22.7. The molecular formula is C34H25F3N4O2. The zero-order chi connectivity index (χ0) is 30.1. The fourth-order valence-electron chi connectivity index (χ4n) is 5.56. The van der Waals surface area contributed by atoms with E-state index >= 15 is 0 Å². The number of nitrogens with zero attached hydrogens (tertiary/aromatic N) is 2. The number of hydrogen-bond acceptors (Lipinski definition) is 3. The molecule has 4 aromatic carbocycles. The van der Waals surface area contributed by atoms with Gasteiger partial charge in [-0.25, -0.2) is 13.2 Å². The molecule has 0 unspecified atom stereocenters. The summed E-state index contributed by atoms with van der Waals surface area (Å²) < 4.78 is 44.5. The largest absolute Gasteiger partial charge is 0.366 e. The average Bonchev–Trinajstić information content (AvgIpc) is 3.30. The van der Waals surface area contributed by atoms with Crippen molar-refractivity contribution in [2.75, 3.05) is 0 Å². The minimum Gasteiger partial charge on any atom is -0.366 e. The van der Waals surface area contributed by atoms with Gasteiger partial charge in [-0.3, -0.25) is 14.6 Å². The van der Waals surface area contributed by atoms with Gasteiger partial charge in [0.25, 0.3) is 5.91 Å². The molecule has 0 saturated heterocycles. The van der Waals surface area contributed by atoms with Crippen molar-refractivity contribution in [2.24, 2.45) is 5.73 Å². The Morgan fingerprint density at radius 1 is 0.814 bits per heavy atom. The molecule has 0 aliphatic heterocycles. The first kappa shape index (κ1) is 27.7. The van der Waals surface area contributed by atoms with Gasteiger partial charge in [0, 0.05) is 39.6 Å². The monoisotopic (exact) mass is 578 g/mol. The number of primary amides is 1. The van der Waals surface area contributed by atoms with Gasteiger partial charge < -0.3 is 15.6 Å². The molecule has 6 aromatic rings. The van der Waals surface area contributed by atoms with Crippen molar-refractivity contribution in [2.45, 2.75) is 19.0 Å². The number of nitrogens with one attached hydrogen (secondary N) is 1. The molecule has 9 heteroatoms. The smallest absolute Gasteiger partial charge is 0.251 e. The summed E-state index contributed by atoms with van der Waals surface area (Å²) >= 11 is 0. The van der Waals surface area contributed by atoms with Crippen LogP contribution in [0.3, 0.4) is 0 Å². The van der Waals surface area contributed by atoms with Crippen LogP contribution in [0.5, 0.6) is 0 Å². The highest BCUT2D eigenvalue weighted by molar-refractivity contribution is 6.08. The molecule has 2 aromatic heterocycles. The molecule has 0 fully saturated rings. The highest BCUT2D eigenvalue weighted by atomic mass is 19.1. The number of amides is 2. The summed E-state index contributed by atoms with van der Waals surface area (Å²) in [6.45, 7) is -0.0351. The topological polar surface area (TPSA) is 90.0 Å². The van der Waals surface area contributed by atoms with Crippen molar-refractivity contribution in [3.63, 3.8) is 0 Å². The van der Waals surface area contributed by atoms with Crippen LogP contribution < -0.4 is 11.1 Å². The van der Waals surface area contributed by atoms with Crippen LogP contribution in [0.2, 0.25) is 0 Å². The summed E-state index contributed by atoms with van der Waals surface area (Å²) in [4.78, 5) is 30.1. The summed E-state index contributed by atoms with van der Waals surface area (Å²) in [5.41, 5.74) is 8.43. The molecule has 3 N–H and O–H groups in total. The minimum absolute atomic E-state index is 0.00147. The summed E-state index contributed by atoms with van der Waals surface area (Å²) in [7, 11) is 0. The van der Waals surface area contributed by atoms with Gasteiger partial charge in [0.1, 0.15) is 24.0 Å². The van der Waals surface area contributed by atoms with E-state index in [1.54, 1.807) is 12.1 Å². The number of benzene rings is 4. The number of halogens is 3. The number of aromatic nitrogens is 2.